The number of hydrogen-bond donors (Lipinski definition) is 5. The third-order valence-corrected chi connectivity index (χ3v) is 7.19. The molecule has 5 N–H and O–H groups in total. The quantitative estimate of drug-likeness (QED) is 0.289. The summed E-state index contributed by atoms with van der Waals surface area (Å²) < 4.78 is 28.8. The summed E-state index contributed by atoms with van der Waals surface area (Å²) in [6.45, 7) is 2.56. The second-order valence-corrected chi connectivity index (χ2v) is 9.92. The molecule has 1 aromatic heterocycles. The Bertz CT molecular complexity index is 843. The van der Waals surface area contributed by atoms with E-state index in [9.17, 15) is 28.7 Å². The van der Waals surface area contributed by atoms with Crippen LogP contribution in [0.5, 0.6) is 5.75 Å². The Balaban J connectivity index is 2.31. The van der Waals surface area contributed by atoms with Gasteiger partial charge in [0.1, 0.15) is 11.6 Å². The monoisotopic (exact) mass is 418 g/mol. The lowest BCUT2D eigenvalue weighted by Gasteiger charge is -2.22. The van der Waals surface area contributed by atoms with E-state index in [2.05, 4.69) is 17.2 Å². The standard InChI is InChI=1S/C16H24N2O7P2/c1-2-3-4-7-10-25-14-11-15(17-13-9-6-5-8-12(13)14)18-16(26(19,20)21)27(22,23)24/h5-6,8-9,11,16H,2-4,7,10H2,1H3,(H,17,18)(H2,19,20,21)(H2,22,23,24). The van der Waals surface area contributed by atoms with Gasteiger partial charge in [0.15, 0.2) is 0 Å². The van der Waals surface area contributed by atoms with Crippen LogP contribution in [0.4, 0.5) is 5.82 Å². The number of anilines is 1. The molecule has 0 unspecified atom stereocenters. The number of hydrogen-bond acceptors (Lipinski definition) is 5. The van der Waals surface area contributed by atoms with Crippen LogP contribution in [0.15, 0.2) is 30.3 Å². The Morgan fingerprint density at radius 1 is 1.07 bits per heavy atom. The Kier molecular flexibility index (Phi) is 7.40. The number of fused-ring (bicyclic) bond motifs is 1. The van der Waals surface area contributed by atoms with Crippen LogP contribution >= 0.6 is 15.2 Å². The molecule has 0 radical (unpaired) electrons. The highest BCUT2D eigenvalue weighted by Crippen LogP contribution is 2.59. The maximum Gasteiger partial charge on any atom is 0.360 e. The molecular formula is C16H24N2O7P2. The molecule has 0 aliphatic carbocycles. The first-order valence-electron chi connectivity index (χ1n) is 8.52. The van der Waals surface area contributed by atoms with Crippen molar-refractivity contribution in [2.45, 2.75) is 38.1 Å². The van der Waals surface area contributed by atoms with Gasteiger partial charge in [0.2, 0.25) is 5.52 Å². The molecule has 0 bridgehead atoms. The predicted molar refractivity (Wildman–Crippen MR) is 103 cm³/mol. The van der Waals surface area contributed by atoms with Crippen LogP contribution < -0.4 is 10.1 Å². The molecule has 0 aliphatic heterocycles. The van der Waals surface area contributed by atoms with E-state index < -0.39 is 20.7 Å². The largest absolute Gasteiger partial charge is 0.493 e. The zero-order chi connectivity index (χ0) is 20.1. The minimum absolute atomic E-state index is 0.0890. The molecule has 11 heteroatoms. The highest BCUT2D eigenvalue weighted by Gasteiger charge is 2.43. The molecule has 1 heterocycles. The molecule has 9 nitrogen and oxygen atoms in total. The van der Waals surface area contributed by atoms with E-state index in [0.29, 0.717) is 23.3 Å². The fraction of sp³-hybridized carbons (Fsp3) is 0.438. The van der Waals surface area contributed by atoms with Crippen molar-refractivity contribution in [3.63, 3.8) is 0 Å². The van der Waals surface area contributed by atoms with Crippen molar-refractivity contribution in [3.8, 4) is 5.75 Å². The maximum absolute atomic E-state index is 11.5. The molecule has 0 saturated heterocycles. The highest BCUT2D eigenvalue weighted by atomic mass is 31.2. The van der Waals surface area contributed by atoms with Gasteiger partial charge in [-0.2, -0.15) is 0 Å². The van der Waals surface area contributed by atoms with Crippen molar-refractivity contribution >= 4 is 31.9 Å². The van der Waals surface area contributed by atoms with Crippen LogP contribution in [-0.2, 0) is 9.13 Å². The average molecular weight is 418 g/mol. The molecule has 0 amide bonds. The van der Waals surface area contributed by atoms with Crippen LogP contribution in [0.1, 0.15) is 32.6 Å². The van der Waals surface area contributed by atoms with Crippen molar-refractivity contribution < 1.29 is 33.4 Å². The number of unbranched alkanes of at least 4 members (excludes halogenated alkanes) is 3. The summed E-state index contributed by atoms with van der Waals surface area (Å²) in [5.41, 5.74) is -1.91. The Morgan fingerprint density at radius 2 is 1.74 bits per heavy atom. The smallest absolute Gasteiger partial charge is 0.360 e. The van der Waals surface area contributed by atoms with Crippen LogP contribution in [-0.4, -0.2) is 36.7 Å². The van der Waals surface area contributed by atoms with Gasteiger partial charge in [0.05, 0.1) is 12.1 Å². The van der Waals surface area contributed by atoms with Crippen molar-refractivity contribution in [2.75, 3.05) is 11.9 Å². The number of rotatable bonds is 10. The summed E-state index contributed by atoms with van der Waals surface area (Å²) in [6.07, 6.45) is 4.06. The Morgan fingerprint density at radius 3 is 2.37 bits per heavy atom. The van der Waals surface area contributed by atoms with E-state index in [4.69, 9.17) is 4.74 Å². The summed E-state index contributed by atoms with van der Waals surface area (Å²) in [7, 11) is -10.3. The van der Waals surface area contributed by atoms with Gasteiger partial charge in [-0.3, -0.25) is 9.13 Å². The van der Waals surface area contributed by atoms with Gasteiger partial charge in [-0.15, -0.1) is 0 Å². The van der Waals surface area contributed by atoms with Crippen molar-refractivity contribution in [1.82, 2.24) is 4.98 Å². The summed E-state index contributed by atoms with van der Waals surface area (Å²) in [5.74, 6) is 0.337. The topological polar surface area (TPSA) is 149 Å². The zero-order valence-electron chi connectivity index (χ0n) is 14.9. The van der Waals surface area contributed by atoms with Gasteiger partial charge >= 0.3 is 15.2 Å². The molecule has 0 spiro atoms. The molecule has 27 heavy (non-hydrogen) atoms. The van der Waals surface area contributed by atoms with Gasteiger partial charge in [-0.1, -0.05) is 38.3 Å². The van der Waals surface area contributed by atoms with Crippen LogP contribution in [0.25, 0.3) is 10.9 Å². The summed E-state index contributed by atoms with van der Waals surface area (Å²) >= 11 is 0. The second kappa shape index (κ2) is 9.15. The van der Waals surface area contributed by atoms with Crippen LogP contribution in [0, 0.1) is 0 Å². The lowest BCUT2D eigenvalue weighted by molar-refractivity contribution is 0.308. The number of benzene rings is 1. The summed E-state index contributed by atoms with van der Waals surface area (Å²) in [4.78, 5) is 41.3. The maximum atomic E-state index is 11.5. The molecule has 2 rings (SSSR count). The van der Waals surface area contributed by atoms with Gasteiger partial charge < -0.3 is 29.6 Å². The molecule has 0 aliphatic rings. The van der Waals surface area contributed by atoms with Gasteiger partial charge in [0, 0.05) is 11.5 Å². The number of aromatic nitrogens is 1. The first kappa shape index (κ1) is 21.8. The molecule has 2 aromatic rings. The van der Waals surface area contributed by atoms with E-state index in [1.54, 1.807) is 24.3 Å². The lowest BCUT2D eigenvalue weighted by Crippen LogP contribution is -2.20. The third-order valence-electron chi connectivity index (χ3n) is 3.85. The van der Waals surface area contributed by atoms with Crippen LogP contribution in [0.2, 0.25) is 0 Å². The average Bonchev–Trinajstić information content (AvgIpc) is 2.57. The van der Waals surface area contributed by atoms with Gasteiger partial charge in [-0.25, -0.2) is 4.98 Å². The first-order valence-corrected chi connectivity index (χ1v) is 11.9. The molecular weight excluding hydrogens is 394 g/mol. The number of nitrogens with one attached hydrogen (secondary N) is 1. The van der Waals surface area contributed by atoms with Gasteiger partial charge in [0.25, 0.3) is 0 Å². The normalized spacial score (nSPS) is 12.5. The van der Waals surface area contributed by atoms with E-state index in [0.717, 1.165) is 25.7 Å². The number of ether oxygens (including phenoxy) is 1. The molecule has 0 atom stereocenters. The van der Waals surface area contributed by atoms with Crippen molar-refractivity contribution in [1.29, 1.82) is 0 Å². The number of nitrogens with zero attached hydrogens (tertiary/aromatic N) is 1. The fourth-order valence-corrected chi connectivity index (χ4v) is 4.71. The molecule has 0 saturated carbocycles. The Labute approximate surface area is 157 Å². The van der Waals surface area contributed by atoms with Crippen molar-refractivity contribution in [3.05, 3.63) is 30.3 Å². The number of pyridine rings is 1. The molecule has 0 fully saturated rings. The molecule has 1 aromatic carbocycles. The van der Waals surface area contributed by atoms with Gasteiger partial charge in [-0.05, 0) is 18.6 Å². The van der Waals surface area contributed by atoms with Crippen molar-refractivity contribution in [2.24, 2.45) is 0 Å². The zero-order valence-corrected chi connectivity index (χ0v) is 16.6. The van der Waals surface area contributed by atoms with E-state index >= 15 is 0 Å². The van der Waals surface area contributed by atoms with E-state index in [1.165, 1.54) is 6.07 Å². The first-order chi connectivity index (χ1) is 12.6. The summed E-state index contributed by atoms with van der Waals surface area (Å²) in [5, 5.41) is 2.88. The third kappa shape index (κ3) is 6.28. The minimum atomic E-state index is -5.13. The summed E-state index contributed by atoms with van der Waals surface area (Å²) in [6, 6.07) is 8.38. The SMILES string of the molecule is CCCCCCOc1cc(NC(P(=O)(O)O)P(=O)(O)O)nc2ccccc12. The number of para-hydroxylation sites is 1. The second-order valence-electron chi connectivity index (χ2n) is 6.13. The predicted octanol–water partition coefficient (Wildman–Crippen LogP) is 3.24. The van der Waals surface area contributed by atoms with E-state index in [-0.39, 0.29) is 5.82 Å². The molecule has 150 valence electrons. The fourth-order valence-electron chi connectivity index (χ4n) is 2.54. The highest BCUT2D eigenvalue weighted by molar-refractivity contribution is 7.71. The lowest BCUT2D eigenvalue weighted by atomic mass is 10.2. The minimum Gasteiger partial charge on any atom is -0.493 e. The van der Waals surface area contributed by atoms with E-state index in [1.807, 2.05) is 0 Å². The Hall–Kier alpha value is -1.47. The van der Waals surface area contributed by atoms with Crippen LogP contribution in [0.3, 0.4) is 0 Å².